The number of anilines is 1. The zero-order valence-corrected chi connectivity index (χ0v) is 17.7. The van der Waals surface area contributed by atoms with Crippen LogP contribution in [0.25, 0.3) is 0 Å². The van der Waals surface area contributed by atoms with E-state index >= 15 is 0 Å². The number of pyridine rings is 1. The number of methoxy groups -OCH3 is 1. The number of H-pyrrole nitrogens is 1. The van der Waals surface area contributed by atoms with Crippen molar-refractivity contribution in [1.82, 2.24) is 19.9 Å². The molecule has 0 aromatic carbocycles. The lowest BCUT2D eigenvalue weighted by Crippen LogP contribution is -2.45. The Hall–Kier alpha value is -2.94. The van der Waals surface area contributed by atoms with Crippen LogP contribution < -0.4 is 15.2 Å². The van der Waals surface area contributed by atoms with Crippen LogP contribution in [0.3, 0.4) is 0 Å². The smallest absolute Gasteiger partial charge is 0.255 e. The number of hydrogen-bond donors (Lipinski definition) is 1. The topological polar surface area (TPSA) is 101 Å². The molecular weight excluding hydrogens is 398 g/mol. The number of aromatic amines is 1. The van der Waals surface area contributed by atoms with E-state index < -0.39 is 0 Å². The maximum atomic E-state index is 13.0. The Kier molecular flexibility index (Phi) is 5.13. The van der Waals surface area contributed by atoms with Crippen molar-refractivity contribution in [3.05, 3.63) is 45.5 Å². The SMILES string of the molecule is COc1cc(C(=O)N2CCC3(CCc4c3nc(N3CCOCC3)[nH]c4=O)CC2)ccn1. The zero-order valence-electron chi connectivity index (χ0n) is 17.7. The molecule has 9 nitrogen and oxygen atoms in total. The lowest BCUT2D eigenvalue weighted by atomic mass is 9.76. The molecule has 164 valence electrons. The van der Waals surface area contributed by atoms with Gasteiger partial charge in [0.1, 0.15) is 0 Å². The average molecular weight is 425 g/mol. The van der Waals surface area contributed by atoms with E-state index in [9.17, 15) is 9.59 Å². The Balaban J connectivity index is 1.36. The van der Waals surface area contributed by atoms with Gasteiger partial charge < -0.3 is 19.3 Å². The summed E-state index contributed by atoms with van der Waals surface area (Å²) < 4.78 is 10.6. The average Bonchev–Trinajstić information content (AvgIpc) is 3.18. The molecule has 1 amide bonds. The number of amides is 1. The van der Waals surface area contributed by atoms with E-state index in [1.807, 2.05) is 4.90 Å². The third kappa shape index (κ3) is 3.56. The van der Waals surface area contributed by atoms with Crippen LogP contribution in [0.2, 0.25) is 0 Å². The highest BCUT2D eigenvalue weighted by Gasteiger charge is 2.45. The summed E-state index contributed by atoms with van der Waals surface area (Å²) in [7, 11) is 1.54. The lowest BCUT2D eigenvalue weighted by Gasteiger charge is -2.39. The third-order valence-corrected chi connectivity index (χ3v) is 6.87. The van der Waals surface area contributed by atoms with Crippen LogP contribution in [0, 0.1) is 0 Å². The molecule has 0 atom stereocenters. The molecule has 1 aliphatic carbocycles. The van der Waals surface area contributed by atoms with Crippen LogP contribution in [-0.4, -0.2) is 72.3 Å². The molecule has 31 heavy (non-hydrogen) atoms. The number of ether oxygens (including phenoxy) is 2. The van der Waals surface area contributed by atoms with E-state index in [4.69, 9.17) is 14.5 Å². The molecule has 2 saturated heterocycles. The number of nitrogens with zero attached hydrogens (tertiary/aromatic N) is 4. The van der Waals surface area contributed by atoms with Gasteiger partial charge in [-0.3, -0.25) is 14.6 Å². The second-order valence-corrected chi connectivity index (χ2v) is 8.48. The van der Waals surface area contributed by atoms with Gasteiger partial charge in [0, 0.05) is 55.0 Å². The number of hydrogen-bond acceptors (Lipinski definition) is 7. The number of carbonyl (C=O) groups is 1. The van der Waals surface area contributed by atoms with Crippen molar-refractivity contribution >= 4 is 11.9 Å². The maximum absolute atomic E-state index is 13.0. The van der Waals surface area contributed by atoms with Gasteiger partial charge in [-0.2, -0.15) is 0 Å². The van der Waals surface area contributed by atoms with E-state index in [0.29, 0.717) is 43.7 Å². The summed E-state index contributed by atoms with van der Waals surface area (Å²) >= 11 is 0. The van der Waals surface area contributed by atoms with Gasteiger partial charge in [-0.05, 0) is 31.7 Å². The van der Waals surface area contributed by atoms with Gasteiger partial charge in [0.2, 0.25) is 11.8 Å². The molecule has 0 unspecified atom stereocenters. The number of carbonyl (C=O) groups excluding carboxylic acids is 1. The summed E-state index contributed by atoms with van der Waals surface area (Å²) in [5.41, 5.74) is 2.19. The van der Waals surface area contributed by atoms with Crippen molar-refractivity contribution in [3.8, 4) is 5.88 Å². The highest BCUT2D eigenvalue weighted by Crippen LogP contribution is 2.44. The molecule has 3 aliphatic rings. The monoisotopic (exact) mass is 425 g/mol. The fraction of sp³-hybridized carbons (Fsp3) is 0.545. The number of aromatic nitrogens is 3. The first-order chi connectivity index (χ1) is 15.1. The van der Waals surface area contributed by atoms with E-state index in [0.717, 1.165) is 50.0 Å². The van der Waals surface area contributed by atoms with Crippen molar-refractivity contribution in [1.29, 1.82) is 0 Å². The maximum Gasteiger partial charge on any atom is 0.255 e. The third-order valence-electron chi connectivity index (χ3n) is 6.87. The summed E-state index contributed by atoms with van der Waals surface area (Å²) in [5.74, 6) is 1.07. The predicted molar refractivity (Wildman–Crippen MR) is 114 cm³/mol. The first-order valence-corrected chi connectivity index (χ1v) is 10.9. The standard InChI is InChI=1S/C22H27N5O4/c1-30-17-14-15(3-7-23-17)20(29)26-8-5-22(6-9-26)4-2-16-18(22)24-21(25-19(16)28)27-10-12-31-13-11-27/h3,7,14H,2,4-6,8-13H2,1H3,(H,24,25,28). The molecule has 9 heteroatoms. The number of likely N-dealkylation sites (tertiary alicyclic amines) is 1. The first-order valence-electron chi connectivity index (χ1n) is 10.9. The Bertz CT molecular complexity index is 1040. The minimum Gasteiger partial charge on any atom is -0.481 e. The van der Waals surface area contributed by atoms with Crippen LogP contribution in [0.5, 0.6) is 5.88 Å². The van der Waals surface area contributed by atoms with Gasteiger partial charge in [0.25, 0.3) is 11.5 Å². The molecule has 0 bridgehead atoms. The predicted octanol–water partition coefficient (Wildman–Crippen LogP) is 1.13. The first kappa shape index (κ1) is 20.0. The largest absolute Gasteiger partial charge is 0.481 e. The zero-order chi connectivity index (χ0) is 21.4. The van der Waals surface area contributed by atoms with Gasteiger partial charge >= 0.3 is 0 Å². The fourth-order valence-corrected chi connectivity index (χ4v) is 5.03. The molecule has 2 fully saturated rings. The van der Waals surface area contributed by atoms with Crippen LogP contribution in [0.1, 0.15) is 40.9 Å². The molecule has 5 rings (SSSR count). The molecule has 2 aromatic heterocycles. The summed E-state index contributed by atoms with van der Waals surface area (Å²) in [6.07, 6.45) is 4.88. The molecule has 4 heterocycles. The van der Waals surface area contributed by atoms with E-state index in [1.165, 1.54) is 0 Å². The Morgan fingerprint density at radius 1 is 1.19 bits per heavy atom. The van der Waals surface area contributed by atoms with Gasteiger partial charge in [0.15, 0.2) is 0 Å². The quantitative estimate of drug-likeness (QED) is 0.787. The minimum atomic E-state index is -0.128. The fourth-order valence-electron chi connectivity index (χ4n) is 5.03. The number of morpholine rings is 1. The molecule has 2 aromatic rings. The van der Waals surface area contributed by atoms with Gasteiger partial charge in [-0.15, -0.1) is 0 Å². The molecular formula is C22H27N5O4. The van der Waals surface area contributed by atoms with Crippen molar-refractivity contribution in [3.63, 3.8) is 0 Å². The minimum absolute atomic E-state index is 0.0124. The highest BCUT2D eigenvalue weighted by molar-refractivity contribution is 5.94. The Morgan fingerprint density at radius 2 is 1.97 bits per heavy atom. The highest BCUT2D eigenvalue weighted by atomic mass is 16.5. The molecule has 2 aliphatic heterocycles. The van der Waals surface area contributed by atoms with Crippen molar-refractivity contribution in [2.24, 2.45) is 0 Å². The van der Waals surface area contributed by atoms with Crippen molar-refractivity contribution < 1.29 is 14.3 Å². The van der Waals surface area contributed by atoms with Crippen LogP contribution in [0.15, 0.2) is 23.1 Å². The summed E-state index contributed by atoms with van der Waals surface area (Å²) in [6, 6.07) is 3.39. The Morgan fingerprint density at radius 3 is 2.71 bits per heavy atom. The molecule has 1 spiro atoms. The van der Waals surface area contributed by atoms with Crippen molar-refractivity contribution in [2.45, 2.75) is 31.1 Å². The lowest BCUT2D eigenvalue weighted by molar-refractivity contribution is 0.0663. The van der Waals surface area contributed by atoms with Crippen LogP contribution >= 0.6 is 0 Å². The van der Waals surface area contributed by atoms with E-state index in [-0.39, 0.29) is 16.9 Å². The van der Waals surface area contributed by atoms with Gasteiger partial charge in [0.05, 0.1) is 26.0 Å². The van der Waals surface area contributed by atoms with E-state index in [2.05, 4.69) is 14.9 Å². The van der Waals surface area contributed by atoms with Crippen LogP contribution in [-0.2, 0) is 16.6 Å². The van der Waals surface area contributed by atoms with E-state index in [1.54, 1.807) is 25.4 Å². The summed E-state index contributed by atoms with van der Waals surface area (Å²) in [4.78, 5) is 41.8. The Labute approximate surface area is 180 Å². The molecule has 1 N–H and O–H groups in total. The number of piperidine rings is 1. The van der Waals surface area contributed by atoms with Gasteiger partial charge in [-0.1, -0.05) is 0 Å². The second kappa shape index (κ2) is 7.96. The summed E-state index contributed by atoms with van der Waals surface area (Å²) in [5, 5.41) is 0. The normalized spacial score (nSPS) is 20.0. The summed E-state index contributed by atoms with van der Waals surface area (Å²) in [6.45, 7) is 4.03. The molecule has 0 saturated carbocycles. The number of fused-ring (bicyclic) bond motifs is 2. The van der Waals surface area contributed by atoms with Gasteiger partial charge in [-0.25, -0.2) is 9.97 Å². The second-order valence-electron chi connectivity index (χ2n) is 8.48. The molecule has 0 radical (unpaired) electrons. The van der Waals surface area contributed by atoms with Crippen LogP contribution in [0.4, 0.5) is 5.95 Å². The van der Waals surface area contributed by atoms with Crippen molar-refractivity contribution in [2.75, 3.05) is 51.4 Å². The number of nitrogens with one attached hydrogen (secondary N) is 1. The number of rotatable bonds is 3.